The normalized spacial score (nSPS) is 13.8. The van der Waals surface area contributed by atoms with E-state index in [4.69, 9.17) is 5.73 Å². The number of nitro groups is 1. The highest BCUT2D eigenvalue weighted by Crippen LogP contribution is 2.39. The van der Waals surface area contributed by atoms with Crippen LogP contribution in [0.1, 0.15) is 22.5 Å². The van der Waals surface area contributed by atoms with Crippen LogP contribution in [0.5, 0.6) is 0 Å². The largest absolute Gasteiger partial charge is 0.354 e. The van der Waals surface area contributed by atoms with Crippen LogP contribution in [0.15, 0.2) is 72.9 Å². The Morgan fingerprint density at radius 3 is 2.46 bits per heavy atom. The van der Waals surface area contributed by atoms with E-state index in [9.17, 15) is 14.9 Å². The fourth-order valence-corrected chi connectivity index (χ4v) is 4.04. The molecule has 1 amide bonds. The molecule has 1 aromatic heterocycles. The van der Waals surface area contributed by atoms with Gasteiger partial charge in [0.15, 0.2) is 0 Å². The Morgan fingerprint density at radius 2 is 1.83 bits per heavy atom. The highest BCUT2D eigenvalue weighted by Gasteiger charge is 2.30. The van der Waals surface area contributed by atoms with Crippen LogP contribution in [0.3, 0.4) is 0 Å². The van der Waals surface area contributed by atoms with Gasteiger partial charge < -0.3 is 21.4 Å². The smallest absolute Gasteiger partial charge is 0.270 e. The number of aromatic nitrogens is 2. The highest BCUT2D eigenvalue weighted by molar-refractivity contribution is 6.37. The molecule has 1 aliphatic rings. The van der Waals surface area contributed by atoms with Gasteiger partial charge in [-0.3, -0.25) is 14.9 Å². The van der Waals surface area contributed by atoms with Gasteiger partial charge >= 0.3 is 0 Å². The molecule has 5 rings (SSSR count). The number of non-ortho nitro benzene ring substituents is 1. The van der Waals surface area contributed by atoms with Crippen LogP contribution in [-0.4, -0.2) is 20.8 Å². The number of hydrogen-bond acceptors (Lipinski definition) is 6. The fraction of sp³-hybridized carbons (Fsp3) is 0.0769. The number of fused-ring (bicyclic) bond motifs is 1. The first kappa shape index (κ1) is 22.1. The predicted octanol–water partition coefficient (Wildman–Crippen LogP) is 4.68. The summed E-state index contributed by atoms with van der Waals surface area (Å²) in [7, 11) is 0. The lowest BCUT2D eigenvalue weighted by Crippen LogP contribution is -2.10. The number of nitro benzene ring substituents is 1. The molecule has 3 aromatic carbocycles. The van der Waals surface area contributed by atoms with Gasteiger partial charge in [0.2, 0.25) is 0 Å². The summed E-state index contributed by atoms with van der Waals surface area (Å²) in [6.45, 7) is 2.28. The van der Waals surface area contributed by atoms with E-state index in [-0.39, 0.29) is 11.6 Å². The summed E-state index contributed by atoms with van der Waals surface area (Å²) in [5.74, 6) is 0.490. The highest BCUT2D eigenvalue weighted by atomic mass is 16.6. The van der Waals surface area contributed by atoms with E-state index in [1.54, 1.807) is 6.07 Å². The van der Waals surface area contributed by atoms with E-state index in [2.05, 4.69) is 20.6 Å². The number of hydrogen-bond donors (Lipinski definition) is 4. The monoisotopic (exact) mass is 466 g/mol. The summed E-state index contributed by atoms with van der Waals surface area (Å²) in [4.78, 5) is 31.5. The molecule has 0 unspecified atom stereocenters. The Labute approximate surface area is 200 Å². The summed E-state index contributed by atoms with van der Waals surface area (Å²) in [6.07, 6.45) is 1.84. The van der Waals surface area contributed by atoms with E-state index >= 15 is 0 Å². The Hall–Kier alpha value is -4.76. The average molecular weight is 467 g/mol. The number of carbonyl (C=O) groups is 1. The van der Waals surface area contributed by atoms with Crippen molar-refractivity contribution in [1.82, 2.24) is 9.97 Å². The zero-order valence-electron chi connectivity index (χ0n) is 18.8. The van der Waals surface area contributed by atoms with Crippen molar-refractivity contribution >= 4 is 34.2 Å². The molecule has 0 aliphatic carbocycles. The van der Waals surface area contributed by atoms with Gasteiger partial charge in [0.05, 0.1) is 21.9 Å². The number of nitrogens with zero attached hydrogens (tertiary/aromatic N) is 2. The summed E-state index contributed by atoms with van der Waals surface area (Å²) in [5.41, 5.74) is 11.8. The number of aryl methyl sites for hydroxylation is 1. The van der Waals surface area contributed by atoms with Crippen molar-refractivity contribution in [3.63, 3.8) is 0 Å². The minimum absolute atomic E-state index is 0.0887. The topological polar surface area (TPSA) is 139 Å². The second-order valence-corrected chi connectivity index (χ2v) is 8.17. The molecule has 1 aliphatic heterocycles. The second kappa shape index (κ2) is 8.88. The summed E-state index contributed by atoms with van der Waals surface area (Å²) in [6, 6.07) is 19.5. The molecule has 4 aromatic rings. The maximum absolute atomic E-state index is 13.1. The van der Waals surface area contributed by atoms with Crippen LogP contribution in [0.4, 0.5) is 17.1 Å². The first-order chi connectivity index (χ1) is 16.9. The molecule has 0 saturated heterocycles. The zero-order chi connectivity index (χ0) is 24.5. The van der Waals surface area contributed by atoms with Gasteiger partial charge in [0.25, 0.3) is 11.6 Å². The third-order valence-corrected chi connectivity index (χ3v) is 5.84. The number of rotatable bonds is 6. The molecule has 2 heterocycles. The standard InChI is InChI=1S/C26H22N6O3/c1-15-28-14-23(29-15)17-6-8-19(9-7-17)30-25(18-4-2-16(13-27)3-5-18)24-21-12-20(32(34)35)10-11-22(21)31-26(24)33/h2-12,14,30H,13,27H2,1H3,(H,28,29)(H,31,33). The lowest BCUT2D eigenvalue weighted by atomic mass is 9.98. The zero-order valence-corrected chi connectivity index (χ0v) is 18.8. The Bertz CT molecular complexity index is 1470. The molecule has 9 heteroatoms. The maximum Gasteiger partial charge on any atom is 0.270 e. The fourth-order valence-electron chi connectivity index (χ4n) is 4.04. The van der Waals surface area contributed by atoms with Gasteiger partial charge in [-0.2, -0.15) is 0 Å². The molecule has 9 nitrogen and oxygen atoms in total. The van der Waals surface area contributed by atoms with Crippen molar-refractivity contribution in [2.75, 3.05) is 10.6 Å². The number of anilines is 2. The molecule has 174 valence electrons. The molecule has 0 atom stereocenters. The van der Waals surface area contributed by atoms with Crippen molar-refractivity contribution in [2.24, 2.45) is 5.73 Å². The van der Waals surface area contributed by atoms with Crippen molar-refractivity contribution in [2.45, 2.75) is 13.5 Å². The van der Waals surface area contributed by atoms with E-state index in [0.29, 0.717) is 29.1 Å². The molecule has 0 bridgehead atoms. The lowest BCUT2D eigenvalue weighted by molar-refractivity contribution is -0.384. The first-order valence-electron chi connectivity index (χ1n) is 11.0. The lowest BCUT2D eigenvalue weighted by Gasteiger charge is -2.15. The van der Waals surface area contributed by atoms with Gasteiger partial charge in [-0.15, -0.1) is 0 Å². The first-order valence-corrected chi connectivity index (χ1v) is 11.0. The predicted molar refractivity (Wildman–Crippen MR) is 135 cm³/mol. The third-order valence-electron chi connectivity index (χ3n) is 5.84. The van der Waals surface area contributed by atoms with Crippen molar-refractivity contribution in [1.29, 1.82) is 0 Å². The number of benzene rings is 3. The van der Waals surface area contributed by atoms with E-state index in [1.165, 1.54) is 12.1 Å². The SMILES string of the molecule is Cc1nc(-c2ccc(NC(=C3C(=O)Nc4ccc([N+](=O)[O-])cc43)c3ccc(CN)cc3)cc2)c[nH]1. The molecule has 0 radical (unpaired) electrons. The van der Waals surface area contributed by atoms with Crippen LogP contribution in [-0.2, 0) is 11.3 Å². The van der Waals surface area contributed by atoms with Gasteiger partial charge in [-0.25, -0.2) is 4.98 Å². The number of nitrogens with one attached hydrogen (secondary N) is 3. The van der Waals surface area contributed by atoms with E-state index < -0.39 is 4.92 Å². The van der Waals surface area contributed by atoms with Gasteiger partial charge in [0.1, 0.15) is 5.82 Å². The van der Waals surface area contributed by atoms with Crippen molar-refractivity contribution in [3.8, 4) is 11.3 Å². The molecule has 35 heavy (non-hydrogen) atoms. The minimum Gasteiger partial charge on any atom is -0.354 e. The Balaban J connectivity index is 1.61. The molecule has 0 saturated carbocycles. The maximum atomic E-state index is 13.1. The summed E-state index contributed by atoms with van der Waals surface area (Å²) < 4.78 is 0. The van der Waals surface area contributed by atoms with Gasteiger partial charge in [-0.05, 0) is 36.2 Å². The average Bonchev–Trinajstić information content (AvgIpc) is 3.45. The van der Waals surface area contributed by atoms with Crippen molar-refractivity contribution in [3.05, 3.63) is 106 Å². The molecular weight excluding hydrogens is 444 g/mol. The number of nitrogens with two attached hydrogens (primary N) is 1. The Morgan fingerprint density at radius 1 is 1.09 bits per heavy atom. The number of imidazole rings is 1. The van der Waals surface area contributed by atoms with Crippen molar-refractivity contribution < 1.29 is 9.72 Å². The van der Waals surface area contributed by atoms with E-state index in [1.807, 2.05) is 61.7 Å². The van der Waals surface area contributed by atoms with E-state index in [0.717, 1.165) is 33.9 Å². The second-order valence-electron chi connectivity index (χ2n) is 8.17. The van der Waals surface area contributed by atoms with Crippen LogP contribution >= 0.6 is 0 Å². The quantitative estimate of drug-likeness (QED) is 0.185. The molecular formula is C26H22N6O3. The van der Waals surface area contributed by atoms with Crippen LogP contribution in [0, 0.1) is 17.0 Å². The number of aromatic amines is 1. The summed E-state index contributed by atoms with van der Waals surface area (Å²) >= 11 is 0. The third kappa shape index (κ3) is 4.28. The summed E-state index contributed by atoms with van der Waals surface area (Å²) in [5, 5.41) is 17.6. The van der Waals surface area contributed by atoms with Gasteiger partial charge in [0, 0.05) is 47.4 Å². The van der Waals surface area contributed by atoms with Gasteiger partial charge in [-0.1, -0.05) is 36.4 Å². The number of H-pyrrole nitrogens is 1. The molecule has 0 spiro atoms. The van der Waals surface area contributed by atoms with Crippen LogP contribution in [0.25, 0.3) is 22.5 Å². The number of carbonyl (C=O) groups excluding carboxylic acids is 1. The Kier molecular flexibility index (Phi) is 5.60. The van der Waals surface area contributed by atoms with Crippen LogP contribution in [0.2, 0.25) is 0 Å². The van der Waals surface area contributed by atoms with Crippen LogP contribution < -0.4 is 16.4 Å². The minimum atomic E-state index is -0.473. The number of amides is 1. The molecule has 0 fully saturated rings. The molecule has 5 N–H and O–H groups in total.